The van der Waals surface area contributed by atoms with Gasteiger partial charge < -0.3 is 16.0 Å². The van der Waals surface area contributed by atoms with Gasteiger partial charge in [-0.2, -0.15) is 0 Å². The fourth-order valence-electron chi connectivity index (χ4n) is 2.59. The van der Waals surface area contributed by atoms with E-state index >= 15 is 0 Å². The minimum atomic E-state index is 0.563. The molecule has 112 valence electrons. The summed E-state index contributed by atoms with van der Waals surface area (Å²) in [5.41, 5.74) is 15.9. The van der Waals surface area contributed by atoms with E-state index in [0.717, 1.165) is 30.0 Å². The molecule has 4 nitrogen and oxygen atoms in total. The smallest absolute Gasteiger partial charge is 0.113 e. The van der Waals surface area contributed by atoms with Crippen LogP contribution in [0.4, 0.5) is 5.69 Å². The lowest BCUT2D eigenvalue weighted by Gasteiger charge is -2.09. The van der Waals surface area contributed by atoms with Crippen molar-refractivity contribution >= 4 is 5.69 Å². The van der Waals surface area contributed by atoms with E-state index < -0.39 is 0 Å². The van der Waals surface area contributed by atoms with E-state index in [9.17, 15) is 0 Å². The Labute approximate surface area is 130 Å². The molecule has 0 aliphatic heterocycles. The van der Waals surface area contributed by atoms with Gasteiger partial charge in [0, 0.05) is 37.6 Å². The number of anilines is 1. The van der Waals surface area contributed by atoms with Crippen molar-refractivity contribution in [2.45, 2.75) is 19.5 Å². The number of imidazole rings is 1. The largest absolute Gasteiger partial charge is 0.399 e. The van der Waals surface area contributed by atoms with Crippen molar-refractivity contribution in [1.82, 2.24) is 9.55 Å². The zero-order chi connectivity index (χ0) is 15.4. The Hall–Kier alpha value is -2.59. The third-order valence-electron chi connectivity index (χ3n) is 3.69. The molecule has 2 aromatic carbocycles. The molecule has 22 heavy (non-hydrogen) atoms. The molecule has 0 unspecified atom stereocenters. The summed E-state index contributed by atoms with van der Waals surface area (Å²) in [7, 11) is 0. The van der Waals surface area contributed by atoms with Crippen molar-refractivity contribution in [3.05, 3.63) is 83.4 Å². The van der Waals surface area contributed by atoms with Crippen LogP contribution in [0.2, 0.25) is 0 Å². The topological polar surface area (TPSA) is 69.9 Å². The molecule has 0 saturated carbocycles. The predicted octanol–water partition coefficient (Wildman–Crippen LogP) is 2.56. The van der Waals surface area contributed by atoms with Crippen molar-refractivity contribution in [2.24, 2.45) is 5.73 Å². The van der Waals surface area contributed by atoms with Crippen LogP contribution in [-0.2, 0) is 19.5 Å². The highest BCUT2D eigenvalue weighted by atomic mass is 15.1. The molecule has 0 bridgehead atoms. The first-order valence-corrected chi connectivity index (χ1v) is 7.37. The van der Waals surface area contributed by atoms with Crippen LogP contribution in [0.15, 0.2) is 60.9 Å². The number of aromatic nitrogens is 2. The first-order valence-electron chi connectivity index (χ1n) is 7.37. The summed E-state index contributed by atoms with van der Waals surface area (Å²) in [6.45, 7) is 1.36. The Morgan fingerprint density at radius 1 is 0.955 bits per heavy atom. The van der Waals surface area contributed by atoms with E-state index in [2.05, 4.69) is 27.8 Å². The van der Waals surface area contributed by atoms with E-state index in [1.807, 2.05) is 42.7 Å². The van der Waals surface area contributed by atoms with Crippen LogP contribution in [0.3, 0.4) is 0 Å². The highest BCUT2D eigenvalue weighted by molar-refractivity contribution is 5.41. The van der Waals surface area contributed by atoms with Gasteiger partial charge in [-0.3, -0.25) is 0 Å². The minimum absolute atomic E-state index is 0.563. The summed E-state index contributed by atoms with van der Waals surface area (Å²) >= 11 is 0. The van der Waals surface area contributed by atoms with E-state index in [1.165, 1.54) is 11.1 Å². The van der Waals surface area contributed by atoms with Gasteiger partial charge in [0.1, 0.15) is 5.82 Å². The second kappa shape index (κ2) is 6.45. The van der Waals surface area contributed by atoms with Crippen molar-refractivity contribution < 1.29 is 0 Å². The van der Waals surface area contributed by atoms with E-state index in [4.69, 9.17) is 11.5 Å². The molecule has 0 radical (unpaired) electrons. The number of rotatable bonds is 5. The van der Waals surface area contributed by atoms with Crippen molar-refractivity contribution in [1.29, 1.82) is 0 Å². The van der Waals surface area contributed by atoms with E-state index in [-0.39, 0.29) is 0 Å². The summed E-state index contributed by atoms with van der Waals surface area (Å²) in [5, 5.41) is 0. The van der Waals surface area contributed by atoms with Crippen LogP contribution in [0, 0.1) is 0 Å². The molecule has 3 aromatic rings. The number of hydrogen-bond acceptors (Lipinski definition) is 3. The number of nitrogens with zero attached hydrogens (tertiary/aromatic N) is 2. The van der Waals surface area contributed by atoms with Crippen LogP contribution in [-0.4, -0.2) is 9.55 Å². The van der Waals surface area contributed by atoms with Crippen molar-refractivity contribution in [3.8, 4) is 0 Å². The molecule has 0 atom stereocenters. The Morgan fingerprint density at radius 2 is 1.73 bits per heavy atom. The maximum Gasteiger partial charge on any atom is 0.113 e. The van der Waals surface area contributed by atoms with Crippen molar-refractivity contribution in [3.63, 3.8) is 0 Å². The number of hydrogen-bond donors (Lipinski definition) is 2. The molecule has 0 spiro atoms. The van der Waals surface area contributed by atoms with Gasteiger partial charge in [-0.1, -0.05) is 36.4 Å². The minimum Gasteiger partial charge on any atom is -0.399 e. The molecular weight excluding hydrogens is 272 g/mol. The maximum absolute atomic E-state index is 5.84. The Bertz CT molecular complexity index is 761. The molecule has 0 saturated heterocycles. The zero-order valence-electron chi connectivity index (χ0n) is 12.4. The predicted molar refractivity (Wildman–Crippen MR) is 89.3 cm³/mol. The maximum atomic E-state index is 5.84. The van der Waals surface area contributed by atoms with E-state index in [1.54, 1.807) is 0 Å². The highest BCUT2D eigenvalue weighted by Gasteiger charge is 2.06. The number of nitrogens with two attached hydrogens (primary N) is 2. The Morgan fingerprint density at radius 3 is 2.55 bits per heavy atom. The van der Waals surface area contributed by atoms with Crippen molar-refractivity contribution in [2.75, 3.05) is 5.73 Å². The first-order chi connectivity index (χ1) is 10.7. The zero-order valence-corrected chi connectivity index (χ0v) is 12.4. The second-order valence-electron chi connectivity index (χ2n) is 5.42. The lowest BCUT2D eigenvalue weighted by Crippen LogP contribution is -2.06. The summed E-state index contributed by atoms with van der Waals surface area (Å²) in [5.74, 6) is 1.03. The monoisotopic (exact) mass is 292 g/mol. The normalized spacial score (nSPS) is 10.8. The van der Waals surface area contributed by atoms with Gasteiger partial charge in [0.15, 0.2) is 0 Å². The van der Waals surface area contributed by atoms with Gasteiger partial charge in [-0.15, -0.1) is 0 Å². The van der Waals surface area contributed by atoms with E-state index in [0.29, 0.717) is 6.54 Å². The van der Waals surface area contributed by atoms with Crippen LogP contribution in [0.25, 0.3) is 0 Å². The van der Waals surface area contributed by atoms with Gasteiger partial charge in [0.05, 0.1) is 0 Å². The van der Waals surface area contributed by atoms with Crippen LogP contribution < -0.4 is 11.5 Å². The number of nitrogen functional groups attached to an aromatic ring is 1. The average Bonchev–Trinajstić information content (AvgIpc) is 2.94. The lowest BCUT2D eigenvalue weighted by atomic mass is 10.1. The Kier molecular flexibility index (Phi) is 4.21. The first kappa shape index (κ1) is 14.4. The highest BCUT2D eigenvalue weighted by Crippen LogP contribution is 2.14. The summed E-state index contributed by atoms with van der Waals surface area (Å²) in [6, 6.07) is 16.3. The van der Waals surface area contributed by atoms with Gasteiger partial charge in [0.25, 0.3) is 0 Å². The molecule has 1 heterocycles. The summed E-state index contributed by atoms with van der Waals surface area (Å²) in [6.07, 6.45) is 4.62. The molecular formula is C18H20N4. The molecule has 1 aromatic heterocycles. The summed E-state index contributed by atoms with van der Waals surface area (Å²) in [4.78, 5) is 4.48. The molecule has 0 aliphatic rings. The quantitative estimate of drug-likeness (QED) is 0.710. The Balaban J connectivity index is 1.80. The molecule has 4 N–H and O–H groups in total. The molecule has 3 rings (SSSR count). The van der Waals surface area contributed by atoms with Gasteiger partial charge in [-0.25, -0.2) is 4.98 Å². The second-order valence-corrected chi connectivity index (χ2v) is 5.42. The third-order valence-corrected chi connectivity index (χ3v) is 3.69. The molecule has 0 fully saturated rings. The molecule has 0 amide bonds. The fourth-order valence-corrected chi connectivity index (χ4v) is 2.59. The lowest BCUT2D eigenvalue weighted by molar-refractivity contribution is 0.739. The van der Waals surface area contributed by atoms with Gasteiger partial charge in [0.2, 0.25) is 0 Å². The molecule has 4 heteroatoms. The van der Waals surface area contributed by atoms with Gasteiger partial charge in [-0.05, 0) is 28.8 Å². The van der Waals surface area contributed by atoms with Crippen LogP contribution in [0.5, 0.6) is 0 Å². The average molecular weight is 292 g/mol. The fraction of sp³-hybridized carbons (Fsp3) is 0.167. The number of benzene rings is 2. The van der Waals surface area contributed by atoms with Crippen LogP contribution >= 0.6 is 0 Å². The summed E-state index contributed by atoms with van der Waals surface area (Å²) < 4.78 is 2.17. The van der Waals surface area contributed by atoms with Crippen LogP contribution in [0.1, 0.15) is 22.5 Å². The third kappa shape index (κ3) is 3.35. The van der Waals surface area contributed by atoms with Gasteiger partial charge >= 0.3 is 0 Å². The standard InChI is InChI=1S/C18H20N4/c19-12-15-4-1-5-16(9-15)13-22-8-7-21-18(22)11-14-3-2-6-17(20)10-14/h1-10H,11-13,19-20H2. The molecule has 0 aliphatic carbocycles. The SMILES string of the molecule is NCc1cccc(Cn2ccnc2Cc2cccc(N)c2)c1.